The summed E-state index contributed by atoms with van der Waals surface area (Å²) in [5.74, 6) is 0.733. The summed E-state index contributed by atoms with van der Waals surface area (Å²) in [6.45, 7) is 2.13. The van der Waals surface area contributed by atoms with E-state index in [1.54, 1.807) is 13.2 Å². The van der Waals surface area contributed by atoms with Crippen LogP contribution >= 0.6 is 0 Å². The van der Waals surface area contributed by atoms with Crippen molar-refractivity contribution in [3.8, 4) is 11.5 Å². The molecule has 1 saturated carbocycles. The maximum Gasteiger partial charge on any atom is 0.160 e. The van der Waals surface area contributed by atoms with Crippen LogP contribution in [-0.2, 0) is 0 Å². The summed E-state index contributed by atoms with van der Waals surface area (Å²) in [5.41, 5.74) is 1.15. The van der Waals surface area contributed by atoms with Crippen molar-refractivity contribution in [2.75, 3.05) is 7.11 Å². The highest BCUT2D eigenvalue weighted by Gasteiger charge is 2.23. The van der Waals surface area contributed by atoms with Crippen molar-refractivity contribution in [2.24, 2.45) is 0 Å². The monoisotopic (exact) mass is 207 g/mol. The normalized spacial score (nSPS) is 17.5. The Balaban J connectivity index is 2.12. The van der Waals surface area contributed by atoms with Gasteiger partial charge in [0, 0.05) is 12.1 Å². The van der Waals surface area contributed by atoms with Crippen LogP contribution in [-0.4, -0.2) is 18.3 Å². The van der Waals surface area contributed by atoms with Gasteiger partial charge in [-0.15, -0.1) is 0 Å². The Morgan fingerprint density at radius 3 is 2.80 bits per heavy atom. The zero-order chi connectivity index (χ0) is 10.8. The minimum absolute atomic E-state index is 0.194. The Morgan fingerprint density at radius 1 is 1.47 bits per heavy atom. The minimum Gasteiger partial charge on any atom is -0.504 e. The zero-order valence-electron chi connectivity index (χ0n) is 9.16. The average Bonchev–Trinajstić information content (AvgIpc) is 3.02. The van der Waals surface area contributed by atoms with E-state index < -0.39 is 0 Å². The standard InChI is InChI=1S/C12H17NO2/c1-8(13-10-4-5-10)9-3-6-11(14)12(7-9)15-2/h3,6-8,10,13-14H,4-5H2,1-2H3. The van der Waals surface area contributed by atoms with Crippen LogP contribution in [0, 0.1) is 0 Å². The summed E-state index contributed by atoms with van der Waals surface area (Å²) >= 11 is 0. The summed E-state index contributed by atoms with van der Waals surface area (Å²) in [4.78, 5) is 0. The van der Waals surface area contributed by atoms with Gasteiger partial charge in [-0.25, -0.2) is 0 Å². The van der Waals surface area contributed by atoms with Crippen molar-refractivity contribution < 1.29 is 9.84 Å². The van der Waals surface area contributed by atoms with E-state index in [0.29, 0.717) is 17.8 Å². The maximum absolute atomic E-state index is 9.47. The fourth-order valence-corrected chi connectivity index (χ4v) is 1.66. The van der Waals surface area contributed by atoms with Crippen LogP contribution in [0.15, 0.2) is 18.2 Å². The number of benzene rings is 1. The molecule has 1 fully saturated rings. The summed E-state index contributed by atoms with van der Waals surface area (Å²) in [7, 11) is 1.57. The van der Waals surface area contributed by atoms with Gasteiger partial charge in [-0.3, -0.25) is 0 Å². The number of ether oxygens (including phenoxy) is 1. The fraction of sp³-hybridized carbons (Fsp3) is 0.500. The summed E-state index contributed by atoms with van der Waals surface area (Å²) < 4.78 is 5.08. The first-order valence-corrected chi connectivity index (χ1v) is 5.33. The molecule has 15 heavy (non-hydrogen) atoms. The lowest BCUT2D eigenvalue weighted by Crippen LogP contribution is -2.20. The molecule has 2 N–H and O–H groups in total. The molecule has 3 heteroatoms. The molecule has 1 atom stereocenters. The first kappa shape index (κ1) is 10.3. The Morgan fingerprint density at radius 2 is 2.20 bits per heavy atom. The van der Waals surface area contributed by atoms with Gasteiger partial charge in [-0.1, -0.05) is 6.07 Å². The van der Waals surface area contributed by atoms with Crippen LogP contribution < -0.4 is 10.1 Å². The molecule has 0 aliphatic heterocycles. The SMILES string of the molecule is COc1cc(C(C)NC2CC2)ccc1O. The van der Waals surface area contributed by atoms with E-state index in [2.05, 4.69) is 12.2 Å². The van der Waals surface area contributed by atoms with Crippen molar-refractivity contribution in [1.29, 1.82) is 0 Å². The van der Waals surface area contributed by atoms with Gasteiger partial charge in [-0.05, 0) is 37.5 Å². The molecule has 1 aliphatic carbocycles. The fourth-order valence-electron chi connectivity index (χ4n) is 1.66. The molecule has 2 rings (SSSR count). The highest BCUT2D eigenvalue weighted by atomic mass is 16.5. The predicted octanol–water partition coefficient (Wildman–Crippen LogP) is 2.21. The number of nitrogens with one attached hydrogen (secondary N) is 1. The van der Waals surface area contributed by atoms with Gasteiger partial charge in [-0.2, -0.15) is 0 Å². The number of phenolic OH excluding ortho intramolecular Hbond substituents is 1. The molecule has 1 aromatic rings. The van der Waals surface area contributed by atoms with Crippen LogP contribution in [0.1, 0.15) is 31.4 Å². The smallest absolute Gasteiger partial charge is 0.160 e. The van der Waals surface area contributed by atoms with Crippen LogP contribution in [0.25, 0.3) is 0 Å². The molecule has 0 aromatic heterocycles. The predicted molar refractivity (Wildman–Crippen MR) is 59.2 cm³/mol. The van der Waals surface area contributed by atoms with Crippen LogP contribution in [0.3, 0.4) is 0 Å². The Kier molecular flexibility index (Phi) is 2.82. The lowest BCUT2D eigenvalue weighted by molar-refractivity contribution is 0.372. The topological polar surface area (TPSA) is 41.5 Å². The summed E-state index contributed by atoms with van der Waals surface area (Å²) in [5, 5.41) is 13.0. The first-order valence-electron chi connectivity index (χ1n) is 5.33. The minimum atomic E-state index is 0.194. The van der Waals surface area contributed by atoms with Crippen molar-refractivity contribution in [2.45, 2.75) is 31.8 Å². The van der Waals surface area contributed by atoms with E-state index in [-0.39, 0.29) is 5.75 Å². The number of methoxy groups -OCH3 is 1. The number of hydrogen-bond donors (Lipinski definition) is 2. The average molecular weight is 207 g/mol. The van der Waals surface area contributed by atoms with E-state index in [1.165, 1.54) is 12.8 Å². The molecule has 0 radical (unpaired) electrons. The van der Waals surface area contributed by atoms with Gasteiger partial charge in [0.2, 0.25) is 0 Å². The summed E-state index contributed by atoms with van der Waals surface area (Å²) in [6, 6.07) is 6.48. The van der Waals surface area contributed by atoms with Crippen LogP contribution in [0.2, 0.25) is 0 Å². The van der Waals surface area contributed by atoms with Gasteiger partial charge in [0.25, 0.3) is 0 Å². The van der Waals surface area contributed by atoms with Gasteiger partial charge < -0.3 is 15.2 Å². The third-order valence-electron chi connectivity index (χ3n) is 2.77. The number of phenols is 1. The third-order valence-corrected chi connectivity index (χ3v) is 2.77. The van der Waals surface area contributed by atoms with Crippen molar-refractivity contribution in [3.05, 3.63) is 23.8 Å². The van der Waals surface area contributed by atoms with Crippen molar-refractivity contribution >= 4 is 0 Å². The first-order chi connectivity index (χ1) is 7.20. The highest BCUT2D eigenvalue weighted by molar-refractivity contribution is 5.42. The molecular weight excluding hydrogens is 190 g/mol. The van der Waals surface area contributed by atoms with E-state index in [0.717, 1.165) is 5.56 Å². The van der Waals surface area contributed by atoms with Gasteiger partial charge in [0.1, 0.15) is 0 Å². The molecule has 1 unspecified atom stereocenters. The van der Waals surface area contributed by atoms with Gasteiger partial charge in [0.05, 0.1) is 7.11 Å². The molecule has 0 spiro atoms. The third kappa shape index (κ3) is 2.42. The quantitative estimate of drug-likeness (QED) is 0.795. The Hall–Kier alpha value is -1.22. The molecule has 3 nitrogen and oxygen atoms in total. The summed E-state index contributed by atoms with van der Waals surface area (Å²) in [6.07, 6.45) is 2.55. The molecule has 1 aromatic carbocycles. The molecular formula is C12H17NO2. The Bertz CT molecular complexity index is 347. The molecule has 82 valence electrons. The van der Waals surface area contributed by atoms with Gasteiger partial charge in [0.15, 0.2) is 11.5 Å². The molecule has 0 saturated heterocycles. The van der Waals surface area contributed by atoms with E-state index in [1.807, 2.05) is 12.1 Å². The van der Waals surface area contributed by atoms with E-state index in [4.69, 9.17) is 4.74 Å². The number of hydrogen-bond acceptors (Lipinski definition) is 3. The lowest BCUT2D eigenvalue weighted by atomic mass is 10.1. The maximum atomic E-state index is 9.47. The van der Waals surface area contributed by atoms with E-state index >= 15 is 0 Å². The second-order valence-corrected chi connectivity index (χ2v) is 4.09. The number of rotatable bonds is 4. The molecule has 1 aliphatic rings. The zero-order valence-corrected chi connectivity index (χ0v) is 9.16. The van der Waals surface area contributed by atoms with Gasteiger partial charge >= 0.3 is 0 Å². The second-order valence-electron chi connectivity index (χ2n) is 4.09. The lowest BCUT2D eigenvalue weighted by Gasteiger charge is -2.15. The van der Waals surface area contributed by atoms with Crippen LogP contribution in [0.4, 0.5) is 0 Å². The van der Waals surface area contributed by atoms with Crippen molar-refractivity contribution in [1.82, 2.24) is 5.32 Å². The van der Waals surface area contributed by atoms with Crippen LogP contribution in [0.5, 0.6) is 11.5 Å². The van der Waals surface area contributed by atoms with Crippen molar-refractivity contribution in [3.63, 3.8) is 0 Å². The highest BCUT2D eigenvalue weighted by Crippen LogP contribution is 2.30. The molecule has 0 heterocycles. The second kappa shape index (κ2) is 4.11. The largest absolute Gasteiger partial charge is 0.504 e. The Labute approximate surface area is 90.1 Å². The van der Waals surface area contributed by atoms with E-state index in [9.17, 15) is 5.11 Å². The number of aromatic hydroxyl groups is 1. The molecule has 0 amide bonds. The molecule has 0 bridgehead atoms.